The van der Waals surface area contributed by atoms with Crippen LogP contribution in [0.25, 0.3) is 22.0 Å². The highest BCUT2D eigenvalue weighted by Gasteiger charge is 2.11. The lowest BCUT2D eigenvalue weighted by molar-refractivity contribution is -0.118. The van der Waals surface area contributed by atoms with Crippen LogP contribution in [-0.4, -0.2) is 10.5 Å². The van der Waals surface area contributed by atoms with E-state index >= 15 is 0 Å². The lowest BCUT2D eigenvalue weighted by Crippen LogP contribution is -2.17. The van der Waals surface area contributed by atoms with Gasteiger partial charge in [-0.3, -0.25) is 4.79 Å². The number of fused-ring (bicyclic) bond motifs is 1. The van der Waals surface area contributed by atoms with Gasteiger partial charge < -0.3 is 10.3 Å². The summed E-state index contributed by atoms with van der Waals surface area (Å²) in [7, 11) is 0. The fourth-order valence-corrected chi connectivity index (χ4v) is 2.59. The molecule has 1 heterocycles. The van der Waals surface area contributed by atoms with Crippen molar-refractivity contribution in [2.45, 2.75) is 6.54 Å². The van der Waals surface area contributed by atoms with Gasteiger partial charge in [-0.2, -0.15) is 0 Å². The van der Waals surface area contributed by atoms with Crippen molar-refractivity contribution < 1.29 is 4.79 Å². The number of benzene rings is 2. The van der Waals surface area contributed by atoms with Crippen molar-refractivity contribution >= 4 is 28.4 Å². The number of hydrogen-bond acceptors (Lipinski definition) is 1. The van der Waals surface area contributed by atoms with E-state index in [1.165, 1.54) is 0 Å². The Balaban J connectivity index is 2.26. The lowest BCUT2D eigenvalue weighted by Gasteiger charge is -2.01. The summed E-state index contributed by atoms with van der Waals surface area (Å²) in [6, 6.07) is 15.6. The van der Waals surface area contributed by atoms with Gasteiger partial charge >= 0.3 is 0 Å². The Hall–Kier alpha value is -2.26. The van der Waals surface area contributed by atoms with E-state index < -0.39 is 0 Å². The van der Waals surface area contributed by atoms with Gasteiger partial charge in [-0.15, -0.1) is 0 Å². The Kier molecular flexibility index (Phi) is 3.20. The van der Waals surface area contributed by atoms with E-state index in [-0.39, 0.29) is 12.5 Å². The van der Waals surface area contributed by atoms with E-state index in [1.807, 2.05) is 59.3 Å². The minimum atomic E-state index is -0.364. The van der Waals surface area contributed by atoms with Crippen molar-refractivity contribution in [2.24, 2.45) is 5.73 Å². The molecule has 20 heavy (non-hydrogen) atoms. The number of nitrogens with zero attached hydrogens (tertiary/aromatic N) is 1. The number of rotatable bonds is 3. The zero-order valence-corrected chi connectivity index (χ0v) is 11.5. The third kappa shape index (κ3) is 2.28. The molecule has 0 unspecified atom stereocenters. The number of aromatic nitrogens is 1. The number of halogens is 1. The van der Waals surface area contributed by atoms with E-state index in [0.29, 0.717) is 5.02 Å². The van der Waals surface area contributed by atoms with Crippen molar-refractivity contribution in [3.63, 3.8) is 0 Å². The number of hydrogen-bond donors (Lipinski definition) is 1. The largest absolute Gasteiger partial charge is 0.368 e. The van der Waals surface area contributed by atoms with Crippen molar-refractivity contribution in [2.75, 3.05) is 0 Å². The third-order valence-corrected chi connectivity index (χ3v) is 3.49. The summed E-state index contributed by atoms with van der Waals surface area (Å²) in [6.07, 6.45) is 1.95. The second kappa shape index (κ2) is 5.02. The van der Waals surface area contributed by atoms with Crippen LogP contribution in [0, 0.1) is 0 Å². The van der Waals surface area contributed by atoms with E-state index in [1.54, 1.807) is 0 Å². The van der Waals surface area contributed by atoms with Gasteiger partial charge in [-0.25, -0.2) is 0 Å². The predicted octanol–water partition coefficient (Wildman–Crippen LogP) is 3.45. The second-order valence-corrected chi connectivity index (χ2v) is 5.10. The van der Waals surface area contributed by atoms with Crippen molar-refractivity contribution in [3.8, 4) is 11.1 Å². The number of amides is 1. The molecule has 2 N–H and O–H groups in total. The van der Waals surface area contributed by atoms with E-state index in [4.69, 9.17) is 17.3 Å². The van der Waals surface area contributed by atoms with E-state index in [2.05, 4.69) is 0 Å². The van der Waals surface area contributed by atoms with Crippen LogP contribution in [0.5, 0.6) is 0 Å². The molecule has 0 aliphatic heterocycles. The summed E-state index contributed by atoms with van der Waals surface area (Å²) in [6.45, 7) is 0.158. The Morgan fingerprint density at radius 2 is 1.90 bits per heavy atom. The predicted molar refractivity (Wildman–Crippen MR) is 81.6 cm³/mol. The molecule has 0 bridgehead atoms. The molecular formula is C16H13ClN2O. The Morgan fingerprint density at radius 1 is 1.15 bits per heavy atom. The molecule has 1 amide bonds. The highest BCUT2D eigenvalue weighted by molar-refractivity contribution is 6.31. The second-order valence-electron chi connectivity index (χ2n) is 4.66. The van der Waals surface area contributed by atoms with Gasteiger partial charge in [-0.1, -0.05) is 41.9 Å². The van der Waals surface area contributed by atoms with Crippen molar-refractivity contribution in [3.05, 3.63) is 59.8 Å². The molecule has 0 aliphatic rings. The standard InChI is InChI=1S/C16H13ClN2O/c17-12-6-7-15-13(8-12)14(9-19(15)10-16(18)20)11-4-2-1-3-5-11/h1-9H,10H2,(H2,18,20). The van der Waals surface area contributed by atoms with Crippen LogP contribution >= 0.6 is 11.6 Å². The van der Waals surface area contributed by atoms with Crippen LogP contribution in [0.15, 0.2) is 54.7 Å². The number of nitrogens with two attached hydrogens (primary N) is 1. The first-order valence-electron chi connectivity index (χ1n) is 6.27. The third-order valence-electron chi connectivity index (χ3n) is 3.25. The molecule has 3 nitrogen and oxygen atoms in total. The Labute approximate surface area is 121 Å². The zero-order valence-electron chi connectivity index (χ0n) is 10.7. The van der Waals surface area contributed by atoms with Crippen molar-refractivity contribution in [1.29, 1.82) is 0 Å². The minimum absolute atomic E-state index is 0.158. The molecule has 3 rings (SSSR count). The van der Waals surface area contributed by atoms with Gasteiger partial charge in [0, 0.05) is 27.7 Å². The summed E-state index contributed by atoms with van der Waals surface area (Å²) in [4.78, 5) is 11.2. The van der Waals surface area contributed by atoms with Crippen LogP contribution in [0.2, 0.25) is 5.02 Å². The summed E-state index contributed by atoms with van der Waals surface area (Å²) >= 11 is 6.09. The van der Waals surface area contributed by atoms with E-state index in [9.17, 15) is 4.79 Å². The summed E-state index contributed by atoms with van der Waals surface area (Å²) in [5, 5.41) is 1.69. The Bertz CT molecular complexity index is 778. The highest BCUT2D eigenvalue weighted by Crippen LogP contribution is 2.32. The molecule has 0 radical (unpaired) electrons. The van der Waals surface area contributed by atoms with Gasteiger partial charge in [-0.05, 0) is 23.8 Å². The molecule has 0 spiro atoms. The molecule has 0 saturated carbocycles. The first kappa shape index (κ1) is 12.8. The highest BCUT2D eigenvalue weighted by atomic mass is 35.5. The number of carbonyl (C=O) groups excluding carboxylic acids is 1. The van der Waals surface area contributed by atoms with Crippen LogP contribution in [0.4, 0.5) is 0 Å². The minimum Gasteiger partial charge on any atom is -0.368 e. The Morgan fingerprint density at radius 3 is 2.60 bits per heavy atom. The SMILES string of the molecule is NC(=O)Cn1cc(-c2ccccc2)c2cc(Cl)ccc21. The quantitative estimate of drug-likeness (QED) is 0.787. The van der Waals surface area contributed by atoms with Crippen molar-refractivity contribution in [1.82, 2.24) is 4.57 Å². The zero-order chi connectivity index (χ0) is 14.1. The maximum absolute atomic E-state index is 11.2. The first-order valence-corrected chi connectivity index (χ1v) is 6.65. The molecule has 2 aromatic carbocycles. The molecule has 100 valence electrons. The molecule has 0 aliphatic carbocycles. The van der Waals surface area contributed by atoms with Gasteiger partial charge in [0.15, 0.2) is 0 Å². The van der Waals surface area contributed by atoms with Crippen LogP contribution in [0.3, 0.4) is 0 Å². The molecule has 0 saturated heterocycles. The van der Waals surface area contributed by atoms with E-state index in [0.717, 1.165) is 22.0 Å². The van der Waals surface area contributed by atoms with Gasteiger partial charge in [0.25, 0.3) is 0 Å². The smallest absolute Gasteiger partial charge is 0.237 e. The van der Waals surface area contributed by atoms with Gasteiger partial charge in [0.05, 0.1) is 0 Å². The number of carbonyl (C=O) groups is 1. The molecule has 0 atom stereocenters. The van der Waals surface area contributed by atoms with Gasteiger partial charge in [0.2, 0.25) is 5.91 Å². The summed E-state index contributed by atoms with van der Waals surface area (Å²) < 4.78 is 1.86. The molecule has 1 aromatic heterocycles. The fraction of sp³-hybridized carbons (Fsp3) is 0.0625. The molecular weight excluding hydrogens is 272 g/mol. The number of primary amides is 1. The van der Waals surface area contributed by atoms with Gasteiger partial charge in [0.1, 0.15) is 6.54 Å². The average molecular weight is 285 g/mol. The normalized spacial score (nSPS) is 10.8. The molecule has 4 heteroatoms. The van der Waals surface area contributed by atoms with Crippen LogP contribution in [-0.2, 0) is 11.3 Å². The maximum atomic E-state index is 11.2. The lowest BCUT2D eigenvalue weighted by atomic mass is 10.1. The molecule has 0 fully saturated rings. The monoisotopic (exact) mass is 284 g/mol. The maximum Gasteiger partial charge on any atom is 0.237 e. The van der Waals surface area contributed by atoms with Crippen LogP contribution in [0.1, 0.15) is 0 Å². The summed E-state index contributed by atoms with van der Waals surface area (Å²) in [5.41, 5.74) is 8.39. The summed E-state index contributed by atoms with van der Waals surface area (Å²) in [5.74, 6) is -0.364. The topological polar surface area (TPSA) is 48.0 Å². The molecule has 3 aromatic rings. The average Bonchev–Trinajstić information content (AvgIpc) is 2.77. The van der Waals surface area contributed by atoms with Crippen LogP contribution < -0.4 is 5.73 Å². The first-order chi connectivity index (χ1) is 9.65. The fourth-order valence-electron chi connectivity index (χ4n) is 2.42.